The van der Waals surface area contributed by atoms with Crippen molar-refractivity contribution in [1.29, 1.82) is 0 Å². The van der Waals surface area contributed by atoms with Gasteiger partial charge in [0.2, 0.25) is 0 Å². The number of thioether (sulfide) groups is 1. The van der Waals surface area contributed by atoms with Gasteiger partial charge in [0.15, 0.2) is 5.17 Å². The predicted molar refractivity (Wildman–Crippen MR) is 134 cm³/mol. The van der Waals surface area contributed by atoms with Crippen molar-refractivity contribution in [2.75, 3.05) is 26.2 Å². The number of piperazine rings is 1. The number of carbonyl (C=O) groups is 1. The number of amides is 1. The van der Waals surface area contributed by atoms with Gasteiger partial charge in [0.1, 0.15) is 0 Å². The van der Waals surface area contributed by atoms with E-state index in [1.54, 1.807) is 18.2 Å². The molecule has 14 heteroatoms. The minimum absolute atomic E-state index is 0.0833. The van der Waals surface area contributed by atoms with E-state index in [9.17, 15) is 36.2 Å². The van der Waals surface area contributed by atoms with Gasteiger partial charge in [0.05, 0.1) is 34.4 Å². The second-order valence-corrected chi connectivity index (χ2v) is 10.1. The highest BCUT2D eigenvalue weighted by molar-refractivity contribution is 8.18. The third kappa shape index (κ3) is 5.68. The summed E-state index contributed by atoms with van der Waals surface area (Å²) < 4.78 is 81.5. The Morgan fingerprint density at radius 2 is 1.90 bits per heavy atom. The molecule has 1 aromatic heterocycles. The van der Waals surface area contributed by atoms with Crippen LogP contribution in [0.4, 0.5) is 26.3 Å². The van der Waals surface area contributed by atoms with Gasteiger partial charge in [-0.2, -0.15) is 36.4 Å². The molecule has 5 rings (SSSR count). The van der Waals surface area contributed by atoms with Gasteiger partial charge in [-0.3, -0.25) is 9.89 Å². The molecule has 2 aliphatic rings. The van der Waals surface area contributed by atoms with Crippen molar-refractivity contribution in [3.8, 4) is 0 Å². The first-order chi connectivity index (χ1) is 18.4. The van der Waals surface area contributed by atoms with Crippen molar-refractivity contribution in [3.05, 3.63) is 69.8 Å². The van der Waals surface area contributed by atoms with Crippen LogP contribution >= 0.6 is 11.8 Å². The van der Waals surface area contributed by atoms with Crippen molar-refractivity contribution >= 4 is 39.3 Å². The second kappa shape index (κ2) is 10.3. The number of aliphatic hydroxyl groups excluding tert-OH is 1. The Bertz CT molecular complexity index is 1480. The Kier molecular flexibility index (Phi) is 7.20. The van der Waals surface area contributed by atoms with Crippen LogP contribution in [0, 0.1) is 0 Å². The van der Waals surface area contributed by atoms with E-state index >= 15 is 0 Å². The van der Waals surface area contributed by atoms with Crippen LogP contribution in [-0.2, 0) is 23.6 Å². The highest BCUT2D eigenvalue weighted by Crippen LogP contribution is 2.42. The van der Waals surface area contributed by atoms with Gasteiger partial charge in [-0.05, 0) is 59.1 Å². The molecule has 2 aliphatic heterocycles. The van der Waals surface area contributed by atoms with E-state index in [4.69, 9.17) is 0 Å². The largest absolute Gasteiger partial charge is 0.416 e. The lowest BCUT2D eigenvalue weighted by Gasteiger charge is -2.33. The molecule has 0 radical (unpaired) electrons. The van der Waals surface area contributed by atoms with E-state index < -0.39 is 41.4 Å². The summed E-state index contributed by atoms with van der Waals surface area (Å²) in [6, 6.07) is 6.18. The molecule has 7 nitrogen and oxygen atoms in total. The molecule has 0 bridgehead atoms. The van der Waals surface area contributed by atoms with E-state index in [1.807, 2.05) is 4.90 Å². The molecule has 39 heavy (non-hydrogen) atoms. The van der Waals surface area contributed by atoms with Crippen molar-refractivity contribution in [2.24, 2.45) is 4.99 Å². The fraction of sp³-hybridized carbons (Fsp3) is 0.320. The molecular weight excluding hydrogens is 548 g/mol. The Hall–Kier alpha value is -3.36. The molecule has 0 saturated carbocycles. The number of carbonyl (C=O) groups excluding carboxylic acids is 1. The summed E-state index contributed by atoms with van der Waals surface area (Å²) in [5.41, 5.74) is -1.98. The molecule has 2 aromatic carbocycles. The quantitative estimate of drug-likeness (QED) is 0.318. The Morgan fingerprint density at radius 1 is 1.10 bits per heavy atom. The SMILES string of the molecule is O=C1N=C(N2CCN[C@@H](CO)C2)SC1=C(Cc1ccc(C(F)(F)F)cc1C(F)(F)F)c1ccc2[nH]ncc2c1. The van der Waals surface area contributed by atoms with E-state index in [-0.39, 0.29) is 29.2 Å². The zero-order valence-corrected chi connectivity index (χ0v) is 20.8. The van der Waals surface area contributed by atoms with E-state index in [1.165, 1.54) is 6.20 Å². The number of nitrogens with zero attached hydrogens (tertiary/aromatic N) is 3. The molecule has 1 fully saturated rings. The monoisotopic (exact) mass is 569 g/mol. The van der Waals surface area contributed by atoms with Crippen LogP contribution in [0.5, 0.6) is 0 Å². The number of aromatic nitrogens is 2. The molecule has 0 aliphatic carbocycles. The van der Waals surface area contributed by atoms with Gasteiger partial charge in [0.25, 0.3) is 5.91 Å². The number of hydrogen-bond acceptors (Lipinski definition) is 6. The van der Waals surface area contributed by atoms with Crippen LogP contribution < -0.4 is 5.32 Å². The third-order valence-corrected chi connectivity index (χ3v) is 7.66. The standard InChI is InChI=1S/C25H21F6N5O2S/c26-24(27,28)16-3-1-14(19(9-16)25(29,30)31)8-18(13-2-4-20-15(7-13)10-33-35-20)21-22(38)34-23(39-21)36-6-5-32-17(11-36)12-37/h1-4,7,9-10,17,32,37H,5-6,8,11-12H2,(H,33,35)/t17-/m1/s1. The van der Waals surface area contributed by atoms with Crippen LogP contribution in [0.1, 0.15) is 22.3 Å². The van der Waals surface area contributed by atoms with Crippen molar-refractivity contribution < 1.29 is 36.2 Å². The number of hydrogen-bond donors (Lipinski definition) is 3. The zero-order chi connectivity index (χ0) is 27.9. The van der Waals surface area contributed by atoms with Crippen LogP contribution in [0.2, 0.25) is 0 Å². The van der Waals surface area contributed by atoms with Crippen LogP contribution in [-0.4, -0.2) is 63.6 Å². The maximum Gasteiger partial charge on any atom is 0.416 e. The molecule has 3 heterocycles. The van der Waals surface area contributed by atoms with Gasteiger partial charge in [-0.25, -0.2) is 0 Å². The van der Waals surface area contributed by atoms with Gasteiger partial charge in [-0.1, -0.05) is 12.1 Å². The van der Waals surface area contributed by atoms with E-state index in [0.717, 1.165) is 17.8 Å². The van der Waals surface area contributed by atoms with Crippen LogP contribution in [0.25, 0.3) is 16.5 Å². The third-order valence-electron chi connectivity index (χ3n) is 6.50. The fourth-order valence-electron chi connectivity index (χ4n) is 4.55. The smallest absolute Gasteiger partial charge is 0.395 e. The second-order valence-electron chi connectivity index (χ2n) is 9.11. The minimum Gasteiger partial charge on any atom is -0.395 e. The number of aromatic amines is 1. The number of aliphatic hydroxyl groups is 1. The lowest BCUT2D eigenvalue weighted by molar-refractivity contribution is -0.143. The molecule has 1 amide bonds. The van der Waals surface area contributed by atoms with Crippen LogP contribution in [0.3, 0.4) is 0 Å². The van der Waals surface area contributed by atoms with Gasteiger partial charge < -0.3 is 15.3 Å². The number of fused-ring (bicyclic) bond motifs is 1. The predicted octanol–water partition coefficient (Wildman–Crippen LogP) is 4.45. The lowest BCUT2D eigenvalue weighted by Crippen LogP contribution is -2.53. The summed E-state index contributed by atoms with van der Waals surface area (Å²) in [6.07, 6.45) is -8.97. The maximum atomic E-state index is 13.9. The molecule has 1 saturated heterocycles. The number of allylic oxidation sites excluding steroid dienone is 1. The molecule has 3 N–H and O–H groups in total. The number of benzene rings is 2. The molecule has 0 spiro atoms. The van der Waals surface area contributed by atoms with Crippen molar-refractivity contribution in [2.45, 2.75) is 24.8 Å². The fourth-order valence-corrected chi connectivity index (χ4v) is 5.60. The number of alkyl halides is 6. The number of nitrogens with one attached hydrogen (secondary N) is 2. The summed E-state index contributed by atoms with van der Waals surface area (Å²) in [5, 5.41) is 20.3. The summed E-state index contributed by atoms with van der Waals surface area (Å²) >= 11 is 1.00. The number of H-pyrrole nitrogens is 1. The number of rotatable bonds is 4. The first kappa shape index (κ1) is 27.2. The first-order valence-corrected chi connectivity index (χ1v) is 12.6. The summed E-state index contributed by atoms with van der Waals surface area (Å²) in [6.45, 7) is 1.27. The van der Waals surface area contributed by atoms with Crippen LogP contribution in [0.15, 0.2) is 52.5 Å². The number of halogens is 6. The van der Waals surface area contributed by atoms with Crippen molar-refractivity contribution in [1.82, 2.24) is 20.4 Å². The highest BCUT2D eigenvalue weighted by Gasteiger charge is 2.39. The first-order valence-electron chi connectivity index (χ1n) is 11.8. The number of aliphatic imine (C=N–C) groups is 1. The maximum absolute atomic E-state index is 13.9. The molecule has 206 valence electrons. The molecule has 1 atom stereocenters. The average Bonchev–Trinajstić information content (AvgIpc) is 3.52. The van der Waals surface area contributed by atoms with Gasteiger partial charge >= 0.3 is 12.4 Å². The van der Waals surface area contributed by atoms with Gasteiger partial charge in [-0.15, -0.1) is 0 Å². The summed E-state index contributed by atoms with van der Waals surface area (Å²) in [7, 11) is 0. The zero-order valence-electron chi connectivity index (χ0n) is 20.0. The normalized spacial score (nSPS) is 20.1. The Balaban J connectivity index is 1.59. The van der Waals surface area contributed by atoms with E-state index in [2.05, 4.69) is 20.5 Å². The Labute approximate surface area is 222 Å². The Morgan fingerprint density at radius 3 is 2.62 bits per heavy atom. The summed E-state index contributed by atoms with van der Waals surface area (Å²) in [5.74, 6) is -0.656. The lowest BCUT2D eigenvalue weighted by atomic mass is 9.92. The van der Waals surface area contributed by atoms with Gasteiger partial charge in [0, 0.05) is 31.1 Å². The minimum atomic E-state index is -5.06. The topological polar surface area (TPSA) is 93.6 Å². The molecule has 0 unspecified atom stereocenters. The summed E-state index contributed by atoms with van der Waals surface area (Å²) in [4.78, 5) is 19.1. The molecule has 3 aromatic rings. The average molecular weight is 570 g/mol. The highest BCUT2D eigenvalue weighted by atomic mass is 32.2. The van der Waals surface area contributed by atoms with Crippen molar-refractivity contribution in [3.63, 3.8) is 0 Å². The molecular formula is C25H21F6N5O2S. The number of amidine groups is 1. The van der Waals surface area contributed by atoms with E-state index in [0.29, 0.717) is 47.3 Å².